The molecule has 1 aromatic heterocycles. The number of aromatic nitrogens is 2. The van der Waals surface area contributed by atoms with Crippen molar-refractivity contribution < 1.29 is 8.42 Å². The molecule has 1 aliphatic carbocycles. The molecule has 2 heterocycles. The van der Waals surface area contributed by atoms with E-state index < -0.39 is 10.2 Å². The minimum atomic E-state index is -3.87. The summed E-state index contributed by atoms with van der Waals surface area (Å²) in [7, 11) is -3.87. The average molecular weight is 419 g/mol. The number of allylic oxidation sites excluding steroid dienone is 4. The maximum atomic E-state index is 11.5. The Labute approximate surface area is 168 Å². The summed E-state index contributed by atoms with van der Waals surface area (Å²) in [6, 6.07) is 5.29. The molecule has 0 saturated heterocycles. The van der Waals surface area contributed by atoms with E-state index >= 15 is 0 Å². The largest absolute Gasteiger partial charge is 0.339 e. The molecule has 146 valence electrons. The standard InChI is InChI=1S/C18H19ClN6O2S/c19-15-10-21-18-23-13-3-1-2-11(8-13)4-5-12-9-14(22-17(15)24-18)6-7-16(12)25-28(20,26)27/h1-3,6-7,9-11,25H,4-5,8H2,(H2,20,26,27)(H2,21,22,23,24). The van der Waals surface area contributed by atoms with Crippen LogP contribution in [0.25, 0.3) is 0 Å². The lowest BCUT2D eigenvalue weighted by molar-refractivity contribution is 0.580. The Hall–Kier alpha value is -2.62. The molecule has 1 atom stereocenters. The smallest absolute Gasteiger partial charge is 0.296 e. The van der Waals surface area contributed by atoms with Gasteiger partial charge in [-0.2, -0.15) is 13.4 Å². The van der Waals surface area contributed by atoms with Gasteiger partial charge in [-0.1, -0.05) is 23.8 Å². The quantitative estimate of drug-likeness (QED) is 0.593. The number of hydrogen-bond donors (Lipinski definition) is 4. The van der Waals surface area contributed by atoms with E-state index in [0.29, 0.717) is 34.8 Å². The second kappa shape index (κ2) is 7.42. The zero-order chi connectivity index (χ0) is 19.7. The number of aryl methyl sites for hydroxylation is 1. The van der Waals surface area contributed by atoms with Crippen LogP contribution in [0.4, 0.5) is 23.1 Å². The van der Waals surface area contributed by atoms with Crippen LogP contribution in [-0.4, -0.2) is 18.4 Å². The van der Waals surface area contributed by atoms with E-state index in [1.165, 1.54) is 6.20 Å². The Morgan fingerprint density at radius 1 is 1.29 bits per heavy atom. The van der Waals surface area contributed by atoms with Gasteiger partial charge < -0.3 is 10.6 Å². The maximum absolute atomic E-state index is 11.5. The number of fused-ring (bicyclic) bond motifs is 6. The molecule has 8 nitrogen and oxygen atoms in total. The molecule has 1 aromatic carbocycles. The highest BCUT2D eigenvalue weighted by Gasteiger charge is 2.17. The van der Waals surface area contributed by atoms with Gasteiger partial charge in [0.15, 0.2) is 5.82 Å². The molecule has 5 N–H and O–H groups in total. The van der Waals surface area contributed by atoms with Crippen molar-refractivity contribution in [3.63, 3.8) is 0 Å². The highest BCUT2D eigenvalue weighted by Crippen LogP contribution is 2.31. The Bertz CT molecular complexity index is 1080. The highest BCUT2D eigenvalue weighted by atomic mass is 35.5. The molecule has 10 heteroatoms. The van der Waals surface area contributed by atoms with Gasteiger partial charge in [-0.15, -0.1) is 0 Å². The number of benzene rings is 1. The minimum absolute atomic E-state index is 0.305. The van der Waals surface area contributed by atoms with Crippen molar-refractivity contribution in [3.05, 3.63) is 58.9 Å². The third-order valence-electron chi connectivity index (χ3n) is 4.58. The van der Waals surface area contributed by atoms with E-state index in [2.05, 4.69) is 31.4 Å². The lowest BCUT2D eigenvalue weighted by Crippen LogP contribution is -2.22. The highest BCUT2D eigenvalue weighted by molar-refractivity contribution is 7.90. The average Bonchev–Trinajstić information content (AvgIpc) is 2.63. The van der Waals surface area contributed by atoms with Gasteiger partial charge in [0.1, 0.15) is 5.02 Å². The van der Waals surface area contributed by atoms with E-state index in [4.69, 9.17) is 16.7 Å². The number of rotatable bonds is 2. The summed E-state index contributed by atoms with van der Waals surface area (Å²) in [4.78, 5) is 8.70. The molecule has 28 heavy (non-hydrogen) atoms. The predicted octanol–water partition coefficient (Wildman–Crippen LogP) is 3.31. The summed E-state index contributed by atoms with van der Waals surface area (Å²) in [6.45, 7) is 0. The van der Waals surface area contributed by atoms with Crippen LogP contribution in [0.2, 0.25) is 5.02 Å². The SMILES string of the molecule is NS(=O)(=O)Nc1ccc2cc1CCC1C=CC=C(C1)Nc1ncc(Cl)c(n1)N2. The molecule has 0 spiro atoms. The molecule has 0 amide bonds. The van der Waals surface area contributed by atoms with Crippen molar-refractivity contribution in [2.45, 2.75) is 19.3 Å². The molecular formula is C18H19ClN6O2S. The van der Waals surface area contributed by atoms with Crippen molar-refractivity contribution in [3.8, 4) is 0 Å². The van der Waals surface area contributed by atoms with Crippen molar-refractivity contribution in [1.29, 1.82) is 0 Å². The first kappa shape index (κ1) is 18.7. The van der Waals surface area contributed by atoms with Crippen molar-refractivity contribution >= 4 is 45.0 Å². The van der Waals surface area contributed by atoms with Crippen LogP contribution in [0.1, 0.15) is 18.4 Å². The molecule has 2 aliphatic rings. The fraction of sp³-hybridized carbons (Fsp3) is 0.222. The molecule has 1 unspecified atom stereocenters. The van der Waals surface area contributed by atoms with Crippen LogP contribution in [0.15, 0.2) is 48.3 Å². The van der Waals surface area contributed by atoms with Crippen LogP contribution in [0, 0.1) is 5.92 Å². The second-order valence-corrected chi connectivity index (χ2v) is 8.44. The molecule has 1 aliphatic heterocycles. The molecular weight excluding hydrogens is 400 g/mol. The second-order valence-electron chi connectivity index (χ2n) is 6.74. The molecule has 0 fully saturated rings. The van der Waals surface area contributed by atoms with Gasteiger partial charge in [0, 0.05) is 11.4 Å². The molecule has 6 bridgehead atoms. The molecule has 0 radical (unpaired) electrons. The van der Waals surface area contributed by atoms with Crippen LogP contribution in [-0.2, 0) is 16.6 Å². The van der Waals surface area contributed by atoms with Crippen molar-refractivity contribution in [2.75, 3.05) is 15.4 Å². The van der Waals surface area contributed by atoms with Crippen LogP contribution < -0.4 is 20.5 Å². The van der Waals surface area contributed by atoms with Gasteiger partial charge in [0.2, 0.25) is 5.95 Å². The van der Waals surface area contributed by atoms with E-state index in [1.807, 2.05) is 18.2 Å². The summed E-state index contributed by atoms with van der Waals surface area (Å²) in [6.07, 6.45) is 10.0. The van der Waals surface area contributed by atoms with E-state index in [0.717, 1.165) is 29.8 Å². The maximum Gasteiger partial charge on any atom is 0.296 e. The number of anilines is 4. The number of nitrogens with zero attached hydrogens (tertiary/aromatic N) is 2. The topological polar surface area (TPSA) is 122 Å². The zero-order valence-corrected chi connectivity index (χ0v) is 16.4. The van der Waals surface area contributed by atoms with Gasteiger partial charge in [0.05, 0.1) is 11.9 Å². The Kier molecular flexibility index (Phi) is 4.96. The number of nitrogens with one attached hydrogen (secondary N) is 3. The van der Waals surface area contributed by atoms with Gasteiger partial charge in [0.25, 0.3) is 10.2 Å². The predicted molar refractivity (Wildman–Crippen MR) is 111 cm³/mol. The van der Waals surface area contributed by atoms with Gasteiger partial charge in [-0.05, 0) is 55.0 Å². The minimum Gasteiger partial charge on any atom is -0.339 e. The fourth-order valence-electron chi connectivity index (χ4n) is 3.31. The van der Waals surface area contributed by atoms with Gasteiger partial charge in [-0.3, -0.25) is 4.72 Å². The number of nitrogens with two attached hydrogens (primary N) is 1. The summed E-state index contributed by atoms with van der Waals surface area (Å²) >= 11 is 6.24. The monoisotopic (exact) mass is 418 g/mol. The van der Waals surface area contributed by atoms with Crippen molar-refractivity contribution in [1.82, 2.24) is 9.97 Å². The Balaban J connectivity index is 1.77. The zero-order valence-electron chi connectivity index (χ0n) is 14.8. The Morgan fingerprint density at radius 2 is 2.14 bits per heavy atom. The molecule has 4 rings (SSSR count). The molecule has 0 saturated carbocycles. The third-order valence-corrected chi connectivity index (χ3v) is 5.36. The lowest BCUT2D eigenvalue weighted by atomic mass is 9.91. The molecule has 2 aromatic rings. The summed E-state index contributed by atoms with van der Waals surface area (Å²) < 4.78 is 25.4. The Morgan fingerprint density at radius 3 is 2.96 bits per heavy atom. The van der Waals surface area contributed by atoms with Gasteiger partial charge in [-0.25, -0.2) is 10.1 Å². The number of hydrogen-bond acceptors (Lipinski definition) is 6. The van der Waals surface area contributed by atoms with Crippen LogP contribution in [0.5, 0.6) is 0 Å². The van der Waals surface area contributed by atoms with E-state index in [1.54, 1.807) is 12.1 Å². The van der Waals surface area contributed by atoms with Crippen LogP contribution >= 0.6 is 11.6 Å². The first-order chi connectivity index (χ1) is 13.4. The van der Waals surface area contributed by atoms with E-state index in [-0.39, 0.29) is 0 Å². The van der Waals surface area contributed by atoms with Crippen LogP contribution in [0.3, 0.4) is 0 Å². The summed E-state index contributed by atoms with van der Waals surface area (Å²) in [5.41, 5.74) is 3.04. The van der Waals surface area contributed by atoms with Crippen molar-refractivity contribution in [2.24, 2.45) is 11.1 Å². The summed E-state index contributed by atoms with van der Waals surface area (Å²) in [5.74, 6) is 1.22. The first-order valence-corrected chi connectivity index (χ1v) is 10.7. The fourth-order valence-corrected chi connectivity index (χ4v) is 3.95. The summed E-state index contributed by atoms with van der Waals surface area (Å²) in [5, 5.41) is 12.0. The number of halogens is 1. The third kappa shape index (κ3) is 4.44. The lowest BCUT2D eigenvalue weighted by Gasteiger charge is -2.19. The normalized spacial score (nSPS) is 18.5. The van der Waals surface area contributed by atoms with Gasteiger partial charge >= 0.3 is 0 Å². The van der Waals surface area contributed by atoms with E-state index in [9.17, 15) is 8.42 Å². The first-order valence-electron chi connectivity index (χ1n) is 8.73.